The third-order valence-corrected chi connectivity index (χ3v) is 8.46. The molecule has 2 aromatic rings. The lowest BCUT2D eigenvalue weighted by atomic mass is 9.97. The summed E-state index contributed by atoms with van der Waals surface area (Å²) in [6.07, 6.45) is 4.58. The van der Waals surface area contributed by atoms with Gasteiger partial charge < -0.3 is 31.5 Å². The van der Waals surface area contributed by atoms with Crippen molar-refractivity contribution in [2.24, 2.45) is 11.8 Å². The summed E-state index contributed by atoms with van der Waals surface area (Å²) in [6, 6.07) is 10.7. The minimum Gasteiger partial charge on any atom is -0.478 e. The van der Waals surface area contributed by atoms with Gasteiger partial charge >= 0.3 is 11.9 Å². The van der Waals surface area contributed by atoms with Crippen molar-refractivity contribution in [3.8, 4) is 0 Å². The number of rotatable bonds is 21. The number of carboxylic acid groups (broad SMARTS) is 2. The van der Waals surface area contributed by atoms with Crippen molar-refractivity contribution in [2.75, 3.05) is 13.1 Å². The lowest BCUT2D eigenvalue weighted by Gasteiger charge is -2.24. The zero-order valence-electron chi connectivity index (χ0n) is 28.3. The number of hydrogen-bond acceptors (Lipinski definition) is 6. The summed E-state index contributed by atoms with van der Waals surface area (Å²) < 4.78 is 0. The monoisotopic (exact) mass is 666 g/mol. The van der Waals surface area contributed by atoms with E-state index in [-0.39, 0.29) is 59.4 Å². The highest BCUT2D eigenvalue weighted by Crippen LogP contribution is 2.12. The molecule has 2 rings (SSSR count). The van der Waals surface area contributed by atoms with Gasteiger partial charge in [-0.2, -0.15) is 0 Å². The van der Waals surface area contributed by atoms with Gasteiger partial charge in [-0.25, -0.2) is 9.59 Å². The van der Waals surface area contributed by atoms with Crippen LogP contribution in [0.5, 0.6) is 0 Å². The molecule has 0 aromatic heterocycles. The Morgan fingerprint density at radius 3 is 1.19 bits per heavy atom. The van der Waals surface area contributed by atoms with E-state index in [0.717, 1.165) is 25.7 Å². The molecule has 12 nitrogen and oxygen atoms in total. The van der Waals surface area contributed by atoms with Crippen LogP contribution < -0.4 is 21.3 Å². The summed E-state index contributed by atoms with van der Waals surface area (Å²) in [6.45, 7) is 8.60. The first kappa shape index (κ1) is 39.4. The first-order chi connectivity index (χ1) is 22.9. The second-order valence-corrected chi connectivity index (χ2v) is 12.2. The van der Waals surface area contributed by atoms with Crippen LogP contribution >= 0.6 is 0 Å². The van der Waals surface area contributed by atoms with Crippen molar-refractivity contribution >= 4 is 35.6 Å². The summed E-state index contributed by atoms with van der Waals surface area (Å²) >= 11 is 0. The standard InChI is InChI=1S/C36H50N4O8/c1-5-23(3)31(39-29(41)21-25-11-15-27(16-12-25)35(45)46)33(43)37-19-9-7-8-10-20-38-34(44)32(24(4)6-2)40-30(42)22-26-13-17-28(18-14-26)36(47)48/h11-18,23-24,31-32H,5-10,19-22H2,1-4H3,(H,37,43)(H,38,44)(H,39,41)(H,40,42)(H,45,46)(H,47,48)/t23?,24?,31-,32-/m0/s1. The van der Waals surface area contributed by atoms with Gasteiger partial charge in [0.15, 0.2) is 0 Å². The average molecular weight is 667 g/mol. The first-order valence-corrected chi connectivity index (χ1v) is 16.6. The Kier molecular flexibility index (Phi) is 16.8. The molecule has 0 saturated heterocycles. The van der Waals surface area contributed by atoms with Crippen LogP contribution in [0.4, 0.5) is 0 Å². The quantitative estimate of drug-likeness (QED) is 0.109. The van der Waals surface area contributed by atoms with Crippen molar-refractivity contribution in [3.05, 3.63) is 70.8 Å². The molecule has 0 fully saturated rings. The number of nitrogens with one attached hydrogen (secondary N) is 4. The van der Waals surface area contributed by atoms with E-state index in [2.05, 4.69) is 21.3 Å². The van der Waals surface area contributed by atoms with Crippen molar-refractivity contribution in [3.63, 3.8) is 0 Å². The van der Waals surface area contributed by atoms with Crippen LogP contribution in [-0.4, -0.2) is 71.0 Å². The number of aromatic carboxylic acids is 2. The van der Waals surface area contributed by atoms with E-state index >= 15 is 0 Å². The van der Waals surface area contributed by atoms with Gasteiger partial charge in [-0.1, -0.05) is 77.6 Å². The van der Waals surface area contributed by atoms with E-state index in [1.165, 1.54) is 24.3 Å². The zero-order valence-corrected chi connectivity index (χ0v) is 28.3. The highest BCUT2D eigenvalue weighted by atomic mass is 16.4. The molecule has 0 bridgehead atoms. The Balaban J connectivity index is 1.71. The Morgan fingerprint density at radius 2 is 0.896 bits per heavy atom. The number of carbonyl (C=O) groups excluding carboxylic acids is 4. The highest BCUT2D eigenvalue weighted by molar-refractivity contribution is 5.90. The molecule has 4 amide bonds. The molecule has 0 aliphatic carbocycles. The smallest absolute Gasteiger partial charge is 0.335 e. The predicted octanol–water partition coefficient (Wildman–Crippen LogP) is 3.72. The maximum absolute atomic E-state index is 12.9. The fraction of sp³-hybridized carbons (Fsp3) is 0.500. The van der Waals surface area contributed by atoms with Gasteiger partial charge in [0.1, 0.15) is 12.1 Å². The molecule has 4 atom stereocenters. The minimum absolute atomic E-state index is 0.0334. The van der Waals surface area contributed by atoms with Gasteiger partial charge in [0.2, 0.25) is 23.6 Å². The fourth-order valence-electron chi connectivity index (χ4n) is 5.00. The van der Waals surface area contributed by atoms with Gasteiger partial charge in [-0.15, -0.1) is 0 Å². The van der Waals surface area contributed by atoms with E-state index in [4.69, 9.17) is 10.2 Å². The minimum atomic E-state index is -1.04. The van der Waals surface area contributed by atoms with E-state index in [0.29, 0.717) is 37.1 Å². The molecular formula is C36H50N4O8. The molecule has 12 heteroatoms. The Morgan fingerprint density at radius 1 is 0.562 bits per heavy atom. The van der Waals surface area contributed by atoms with E-state index in [9.17, 15) is 28.8 Å². The van der Waals surface area contributed by atoms with Crippen LogP contribution in [0.1, 0.15) is 98.1 Å². The number of benzene rings is 2. The van der Waals surface area contributed by atoms with E-state index in [1.54, 1.807) is 24.3 Å². The molecule has 6 N–H and O–H groups in total. The van der Waals surface area contributed by atoms with Gasteiger partial charge in [0.05, 0.1) is 24.0 Å². The maximum atomic E-state index is 12.9. The molecule has 0 spiro atoms. The van der Waals surface area contributed by atoms with E-state index in [1.807, 2.05) is 27.7 Å². The summed E-state index contributed by atoms with van der Waals surface area (Å²) in [5, 5.41) is 29.6. The predicted molar refractivity (Wildman–Crippen MR) is 181 cm³/mol. The third kappa shape index (κ3) is 13.5. The molecule has 0 radical (unpaired) electrons. The summed E-state index contributed by atoms with van der Waals surface area (Å²) in [4.78, 5) is 73.3. The lowest BCUT2D eigenvalue weighted by Crippen LogP contribution is -2.50. The lowest BCUT2D eigenvalue weighted by molar-refractivity contribution is -0.130. The van der Waals surface area contributed by atoms with Crippen molar-refractivity contribution in [1.82, 2.24) is 21.3 Å². The van der Waals surface area contributed by atoms with Gasteiger partial charge in [0, 0.05) is 13.1 Å². The topological polar surface area (TPSA) is 191 Å². The van der Waals surface area contributed by atoms with Gasteiger partial charge in [-0.05, 0) is 60.1 Å². The Hall–Kier alpha value is -4.74. The van der Waals surface area contributed by atoms with Gasteiger partial charge in [-0.3, -0.25) is 19.2 Å². The van der Waals surface area contributed by atoms with Crippen LogP contribution in [0.2, 0.25) is 0 Å². The molecule has 0 aliphatic rings. The fourth-order valence-corrected chi connectivity index (χ4v) is 5.00. The van der Waals surface area contributed by atoms with Crippen molar-refractivity contribution in [2.45, 2.75) is 91.1 Å². The number of unbranched alkanes of at least 4 members (excludes halogenated alkanes) is 3. The highest BCUT2D eigenvalue weighted by Gasteiger charge is 2.27. The van der Waals surface area contributed by atoms with E-state index < -0.39 is 24.0 Å². The van der Waals surface area contributed by atoms with Crippen LogP contribution in [-0.2, 0) is 32.0 Å². The summed E-state index contributed by atoms with van der Waals surface area (Å²) in [5.41, 5.74) is 1.58. The summed E-state index contributed by atoms with van der Waals surface area (Å²) in [5.74, 6) is -3.37. The largest absolute Gasteiger partial charge is 0.478 e. The molecule has 262 valence electrons. The number of carbonyl (C=O) groups is 6. The maximum Gasteiger partial charge on any atom is 0.335 e. The number of hydrogen-bond donors (Lipinski definition) is 6. The van der Waals surface area contributed by atoms with Gasteiger partial charge in [0.25, 0.3) is 0 Å². The third-order valence-electron chi connectivity index (χ3n) is 8.46. The Bertz CT molecular complexity index is 1270. The molecule has 2 aromatic carbocycles. The molecule has 48 heavy (non-hydrogen) atoms. The molecule has 0 aliphatic heterocycles. The normalized spacial score (nSPS) is 13.3. The SMILES string of the molecule is CCC(C)[C@H](NC(=O)Cc1ccc(C(=O)O)cc1)C(=O)NCCCCCCNC(=O)[C@@H](NC(=O)Cc1ccc(C(=O)O)cc1)C(C)CC. The number of carboxylic acids is 2. The van der Waals surface area contributed by atoms with Crippen LogP contribution in [0.3, 0.4) is 0 Å². The summed E-state index contributed by atoms with van der Waals surface area (Å²) in [7, 11) is 0. The van der Waals surface area contributed by atoms with Crippen LogP contribution in [0, 0.1) is 11.8 Å². The van der Waals surface area contributed by atoms with Crippen molar-refractivity contribution < 1.29 is 39.0 Å². The average Bonchev–Trinajstić information content (AvgIpc) is 3.06. The van der Waals surface area contributed by atoms with Crippen LogP contribution in [0.15, 0.2) is 48.5 Å². The van der Waals surface area contributed by atoms with Crippen molar-refractivity contribution in [1.29, 1.82) is 0 Å². The molecular weight excluding hydrogens is 616 g/mol. The molecule has 2 unspecified atom stereocenters. The second kappa shape index (κ2) is 20.5. The Labute approximate surface area is 282 Å². The van der Waals surface area contributed by atoms with Crippen LogP contribution in [0.25, 0.3) is 0 Å². The second-order valence-electron chi connectivity index (χ2n) is 12.2. The first-order valence-electron chi connectivity index (χ1n) is 16.6. The number of amides is 4. The zero-order chi connectivity index (χ0) is 35.6. The molecule has 0 heterocycles. The molecule has 0 saturated carbocycles.